The highest BCUT2D eigenvalue weighted by Gasteiger charge is 2.40. The molecule has 3 rings (SSSR count). The van der Waals surface area contributed by atoms with Crippen LogP contribution in [-0.4, -0.2) is 27.4 Å². The monoisotopic (exact) mass is 418 g/mol. The number of sulfonamides is 1. The summed E-state index contributed by atoms with van der Waals surface area (Å²) in [6.45, 7) is 6.24. The fourth-order valence-corrected chi connectivity index (χ4v) is 5.20. The molecule has 2 aromatic rings. The Morgan fingerprint density at radius 2 is 1.82 bits per heavy atom. The maximum Gasteiger partial charge on any atom is 0.270 e. The molecule has 1 amide bonds. The number of rotatable bonds is 5. The number of carbonyl (C=O) groups is 1. The van der Waals surface area contributed by atoms with E-state index in [0.717, 1.165) is 0 Å². The van der Waals surface area contributed by atoms with E-state index < -0.39 is 15.9 Å². The Bertz CT molecular complexity index is 1030. The van der Waals surface area contributed by atoms with Gasteiger partial charge in [0.05, 0.1) is 5.69 Å². The van der Waals surface area contributed by atoms with E-state index in [1.807, 2.05) is 32.0 Å². The number of fused-ring (bicyclic) bond motifs is 1. The van der Waals surface area contributed by atoms with Crippen molar-refractivity contribution in [3.05, 3.63) is 69.6 Å². The van der Waals surface area contributed by atoms with Crippen molar-refractivity contribution >= 4 is 38.8 Å². The van der Waals surface area contributed by atoms with Gasteiger partial charge in [-0.3, -0.25) is 9.10 Å². The average Bonchev–Trinajstić information content (AvgIpc) is 2.65. The molecule has 0 aromatic heterocycles. The molecule has 0 saturated carbocycles. The Balaban J connectivity index is 2.35. The number of nitrogens with zero attached hydrogens (tertiary/aromatic N) is 1. The third-order valence-electron chi connectivity index (χ3n) is 4.50. The molecule has 0 aliphatic carbocycles. The summed E-state index contributed by atoms with van der Waals surface area (Å²) in [5.41, 5.74) is 2.18. The standard InChI is InChI=1S/C21H23ClN2O3S/c1-4-24-18-11-10-16(22)12-17(18)19(15-8-6-5-7-9-15)20(28(24,26)27)21(25)23-13-14(2)3/h5-12,14H,4,13H2,1-3H3,(H,23,25). The Morgan fingerprint density at radius 3 is 2.43 bits per heavy atom. The SMILES string of the molecule is CCN1c2ccc(Cl)cc2C(c2ccccc2)=C(C(=O)NCC(C)C)S1(=O)=O. The third-order valence-corrected chi connectivity index (χ3v) is 6.67. The highest BCUT2D eigenvalue weighted by atomic mass is 35.5. The summed E-state index contributed by atoms with van der Waals surface area (Å²) < 4.78 is 28.1. The minimum atomic E-state index is -4.03. The van der Waals surface area contributed by atoms with Gasteiger partial charge in [-0.05, 0) is 36.6 Å². The molecule has 0 spiro atoms. The first-order valence-electron chi connectivity index (χ1n) is 9.18. The lowest BCUT2D eigenvalue weighted by molar-refractivity contribution is -0.116. The molecule has 2 aromatic carbocycles. The zero-order valence-corrected chi connectivity index (χ0v) is 17.6. The number of nitrogens with one attached hydrogen (secondary N) is 1. The van der Waals surface area contributed by atoms with Crippen molar-refractivity contribution in [1.82, 2.24) is 5.32 Å². The van der Waals surface area contributed by atoms with Crippen LogP contribution in [0.25, 0.3) is 5.57 Å². The number of amides is 1. The summed E-state index contributed by atoms with van der Waals surface area (Å²) in [6.07, 6.45) is 0. The molecular weight excluding hydrogens is 396 g/mol. The van der Waals surface area contributed by atoms with Gasteiger partial charge in [0.2, 0.25) is 0 Å². The van der Waals surface area contributed by atoms with Crippen LogP contribution in [0.3, 0.4) is 0 Å². The van der Waals surface area contributed by atoms with Crippen LogP contribution in [0.2, 0.25) is 5.02 Å². The smallest absolute Gasteiger partial charge is 0.270 e. The van der Waals surface area contributed by atoms with Crippen molar-refractivity contribution in [2.75, 3.05) is 17.4 Å². The summed E-state index contributed by atoms with van der Waals surface area (Å²) in [5.74, 6) is -0.406. The normalized spacial score (nSPS) is 15.5. The van der Waals surface area contributed by atoms with Crippen molar-refractivity contribution in [3.63, 3.8) is 0 Å². The van der Waals surface area contributed by atoms with E-state index in [4.69, 9.17) is 11.6 Å². The summed E-state index contributed by atoms with van der Waals surface area (Å²) in [6, 6.07) is 14.1. The molecule has 1 aliphatic rings. The quantitative estimate of drug-likeness (QED) is 0.796. The Morgan fingerprint density at radius 1 is 1.14 bits per heavy atom. The molecule has 0 radical (unpaired) electrons. The molecule has 0 bridgehead atoms. The molecule has 5 nitrogen and oxygen atoms in total. The van der Waals surface area contributed by atoms with Gasteiger partial charge in [0, 0.05) is 29.2 Å². The molecule has 0 unspecified atom stereocenters. The van der Waals surface area contributed by atoms with Gasteiger partial charge in [0.1, 0.15) is 0 Å². The van der Waals surface area contributed by atoms with Gasteiger partial charge in [-0.15, -0.1) is 0 Å². The van der Waals surface area contributed by atoms with E-state index in [0.29, 0.717) is 34.0 Å². The van der Waals surface area contributed by atoms with Gasteiger partial charge in [-0.25, -0.2) is 8.42 Å². The number of benzene rings is 2. The molecule has 1 heterocycles. The number of carbonyl (C=O) groups excluding carboxylic acids is 1. The van der Waals surface area contributed by atoms with Crippen LogP contribution in [0.5, 0.6) is 0 Å². The minimum absolute atomic E-state index is 0.194. The lowest BCUT2D eigenvalue weighted by Gasteiger charge is -2.33. The van der Waals surface area contributed by atoms with Gasteiger partial charge in [-0.1, -0.05) is 55.8 Å². The maximum absolute atomic E-state index is 13.4. The van der Waals surface area contributed by atoms with E-state index in [2.05, 4.69) is 5.32 Å². The van der Waals surface area contributed by atoms with E-state index in [9.17, 15) is 13.2 Å². The van der Waals surface area contributed by atoms with Gasteiger partial charge in [-0.2, -0.15) is 0 Å². The summed E-state index contributed by atoms with van der Waals surface area (Å²) in [5, 5.41) is 3.24. The Kier molecular flexibility index (Phi) is 5.82. The molecule has 28 heavy (non-hydrogen) atoms. The van der Waals surface area contributed by atoms with Crippen molar-refractivity contribution in [3.8, 4) is 0 Å². The fourth-order valence-electron chi connectivity index (χ4n) is 3.26. The topological polar surface area (TPSA) is 66.5 Å². The van der Waals surface area contributed by atoms with E-state index in [-0.39, 0.29) is 17.4 Å². The van der Waals surface area contributed by atoms with Crippen LogP contribution in [-0.2, 0) is 14.8 Å². The van der Waals surface area contributed by atoms with E-state index in [1.54, 1.807) is 37.3 Å². The second-order valence-corrected chi connectivity index (χ2v) is 9.24. The van der Waals surface area contributed by atoms with E-state index >= 15 is 0 Å². The molecule has 1 N–H and O–H groups in total. The summed E-state index contributed by atoms with van der Waals surface area (Å²) in [4.78, 5) is 12.8. The highest BCUT2D eigenvalue weighted by Crippen LogP contribution is 2.43. The molecule has 0 saturated heterocycles. The number of halogens is 1. The largest absolute Gasteiger partial charge is 0.351 e. The predicted octanol–water partition coefficient (Wildman–Crippen LogP) is 4.04. The first-order chi connectivity index (χ1) is 13.3. The minimum Gasteiger partial charge on any atom is -0.351 e. The molecule has 148 valence electrons. The van der Waals surface area contributed by atoms with E-state index in [1.165, 1.54) is 4.31 Å². The van der Waals surface area contributed by atoms with Crippen LogP contribution in [0.15, 0.2) is 53.4 Å². The highest BCUT2D eigenvalue weighted by molar-refractivity contribution is 7.97. The van der Waals surface area contributed by atoms with Gasteiger partial charge in [0.25, 0.3) is 15.9 Å². The zero-order chi connectivity index (χ0) is 20.5. The second kappa shape index (κ2) is 7.97. The van der Waals surface area contributed by atoms with Crippen molar-refractivity contribution in [2.45, 2.75) is 20.8 Å². The second-order valence-electron chi connectivity index (χ2n) is 7.01. The first kappa shape index (κ1) is 20.4. The van der Waals surface area contributed by atoms with Crippen molar-refractivity contribution in [2.24, 2.45) is 5.92 Å². The van der Waals surface area contributed by atoms with Crippen molar-refractivity contribution in [1.29, 1.82) is 0 Å². The van der Waals surface area contributed by atoms with Crippen LogP contribution < -0.4 is 9.62 Å². The van der Waals surface area contributed by atoms with Gasteiger partial charge in [0.15, 0.2) is 4.91 Å². The lowest BCUT2D eigenvalue weighted by atomic mass is 9.95. The number of hydrogen-bond acceptors (Lipinski definition) is 3. The third kappa shape index (κ3) is 3.66. The van der Waals surface area contributed by atoms with Crippen molar-refractivity contribution < 1.29 is 13.2 Å². The summed E-state index contributed by atoms with van der Waals surface area (Å²) >= 11 is 6.23. The summed E-state index contributed by atoms with van der Waals surface area (Å²) in [7, 11) is -4.03. The van der Waals surface area contributed by atoms with Gasteiger partial charge >= 0.3 is 0 Å². The zero-order valence-electron chi connectivity index (χ0n) is 16.1. The van der Waals surface area contributed by atoms with Crippen LogP contribution >= 0.6 is 11.6 Å². The van der Waals surface area contributed by atoms with Gasteiger partial charge < -0.3 is 5.32 Å². The first-order valence-corrected chi connectivity index (χ1v) is 11.0. The predicted molar refractivity (Wildman–Crippen MR) is 114 cm³/mol. The fraction of sp³-hybridized carbons (Fsp3) is 0.286. The number of hydrogen-bond donors (Lipinski definition) is 1. The number of anilines is 1. The van der Waals surface area contributed by atoms with Crippen LogP contribution in [0.4, 0.5) is 5.69 Å². The molecular formula is C21H23ClN2O3S. The van der Waals surface area contributed by atoms with Crippen LogP contribution in [0.1, 0.15) is 31.9 Å². The molecule has 1 aliphatic heterocycles. The molecule has 0 atom stereocenters. The lowest BCUT2D eigenvalue weighted by Crippen LogP contribution is -2.42. The van der Waals surface area contributed by atoms with Crippen LogP contribution in [0, 0.1) is 5.92 Å². The average molecular weight is 419 g/mol. The molecule has 0 fully saturated rings. The molecule has 7 heteroatoms. The Labute approximate surface area is 171 Å². The maximum atomic E-state index is 13.4. The Hall–Kier alpha value is -2.31.